The van der Waals surface area contributed by atoms with Crippen LogP contribution in [0, 0.1) is 0 Å². The molecule has 0 aliphatic heterocycles. The van der Waals surface area contributed by atoms with Gasteiger partial charge < -0.3 is 0 Å². The molecule has 0 heterocycles. The fraction of sp³-hybridized carbons (Fsp3) is 0.333. The van der Waals surface area contributed by atoms with Crippen molar-refractivity contribution in [2.75, 3.05) is 0 Å². The molecule has 0 atom stereocenters. The highest BCUT2D eigenvalue weighted by molar-refractivity contribution is 4.51. The molecule has 0 saturated heterocycles. The molecule has 0 spiro atoms. The molecule has 0 aliphatic carbocycles. The van der Waals surface area contributed by atoms with E-state index in [4.69, 9.17) is 0 Å². The van der Waals surface area contributed by atoms with Gasteiger partial charge in [-0.15, -0.1) is 6.58 Å². The first-order valence-electron chi connectivity index (χ1n) is 0.986. The van der Waals surface area contributed by atoms with Crippen molar-refractivity contribution >= 4 is 0 Å². The van der Waals surface area contributed by atoms with Crippen LogP contribution in [-0.4, -0.2) is 0 Å². The Morgan fingerprint density at radius 3 is 1.75 bits per heavy atom. The molecule has 3 radical (unpaired) electrons. The fourth-order valence-electron chi connectivity index (χ4n) is 0. The molecular formula is C3H6N. The van der Waals surface area contributed by atoms with Crippen LogP contribution in [0.2, 0.25) is 0 Å². The average Bonchev–Trinajstić information content (AvgIpc) is 0.918. The zero-order valence-electron chi connectivity index (χ0n) is 2.73. The molecule has 0 unspecified atom stereocenters. The van der Waals surface area contributed by atoms with E-state index in [1.165, 1.54) is 0 Å². The zero-order valence-corrected chi connectivity index (χ0v) is 2.73. The Hall–Kier alpha value is -0.300. The molecule has 0 amide bonds. The molecule has 0 aromatic carbocycles. The third-order valence-electron chi connectivity index (χ3n) is 0. The molecule has 4 heavy (non-hydrogen) atoms. The second-order valence-electron chi connectivity index (χ2n) is 0.408. The van der Waals surface area contributed by atoms with E-state index in [0.29, 0.717) is 0 Å². The summed E-state index contributed by atoms with van der Waals surface area (Å²) in [6.07, 6.45) is 1.75. The molecule has 0 aromatic rings. The van der Waals surface area contributed by atoms with Crippen molar-refractivity contribution in [1.29, 1.82) is 0 Å². The summed E-state index contributed by atoms with van der Waals surface area (Å²) in [6.45, 7) is 5.25. The first-order chi connectivity index (χ1) is 1.41. The van der Waals surface area contributed by atoms with Gasteiger partial charge in [0.1, 0.15) is 0 Å². The molecule has 0 aromatic heterocycles. The summed E-state index contributed by atoms with van der Waals surface area (Å²) in [5.41, 5.74) is 0. The normalized spacial score (nSPS) is 3.25. The third-order valence-corrected chi connectivity index (χ3v) is 0. The summed E-state index contributed by atoms with van der Waals surface area (Å²) in [7, 11) is 0. The highest BCUT2D eigenvalue weighted by atomic mass is 14.0. The first-order valence-corrected chi connectivity index (χ1v) is 0.986. The van der Waals surface area contributed by atoms with Crippen molar-refractivity contribution in [1.82, 2.24) is 6.15 Å². The van der Waals surface area contributed by atoms with Crippen LogP contribution in [0.5, 0.6) is 0 Å². The standard InChI is InChI=1S/C3H6.N/c1-3-2;/h3H,1H2,2H3;. The van der Waals surface area contributed by atoms with Crippen molar-refractivity contribution in [2.45, 2.75) is 6.92 Å². The second kappa shape index (κ2) is 15.9. The first kappa shape index (κ1) is 9.33. The van der Waals surface area contributed by atoms with E-state index in [1.807, 2.05) is 6.92 Å². The predicted molar refractivity (Wildman–Crippen MR) is 18.0 cm³/mol. The lowest BCUT2D eigenvalue weighted by molar-refractivity contribution is 1.80. The van der Waals surface area contributed by atoms with Crippen LogP contribution in [-0.2, 0) is 0 Å². The average molecular weight is 56.1 g/mol. The number of allylic oxidation sites excluding steroid dienone is 1. The summed E-state index contributed by atoms with van der Waals surface area (Å²) in [4.78, 5) is 0. The monoisotopic (exact) mass is 56.1 g/mol. The molecule has 0 aliphatic rings. The van der Waals surface area contributed by atoms with Crippen LogP contribution in [0.15, 0.2) is 12.7 Å². The van der Waals surface area contributed by atoms with Gasteiger partial charge in [0.05, 0.1) is 0 Å². The molecule has 1 nitrogen and oxygen atoms in total. The van der Waals surface area contributed by atoms with E-state index in [2.05, 4.69) is 6.58 Å². The number of rotatable bonds is 0. The van der Waals surface area contributed by atoms with Crippen LogP contribution >= 0.6 is 0 Å². The van der Waals surface area contributed by atoms with Crippen molar-refractivity contribution in [2.24, 2.45) is 0 Å². The molecule has 0 fully saturated rings. The quantitative estimate of drug-likeness (QED) is 0.366. The summed E-state index contributed by atoms with van der Waals surface area (Å²) in [5, 5.41) is 0. The zero-order chi connectivity index (χ0) is 2.71. The van der Waals surface area contributed by atoms with Crippen molar-refractivity contribution in [3.63, 3.8) is 0 Å². The van der Waals surface area contributed by atoms with E-state index in [9.17, 15) is 0 Å². The minimum absolute atomic E-state index is 0. The van der Waals surface area contributed by atoms with Gasteiger partial charge in [-0.05, 0) is 6.92 Å². The van der Waals surface area contributed by atoms with Gasteiger partial charge >= 0.3 is 0 Å². The lowest BCUT2D eigenvalue weighted by Crippen LogP contribution is -1.07. The molecule has 23 valence electrons. The highest BCUT2D eigenvalue weighted by Crippen LogP contribution is 1.38. The van der Waals surface area contributed by atoms with Gasteiger partial charge in [-0.2, -0.15) is 0 Å². The van der Waals surface area contributed by atoms with Crippen LogP contribution in [0.3, 0.4) is 0 Å². The second-order valence-corrected chi connectivity index (χ2v) is 0.408. The Bertz CT molecular complexity index is 10.8. The minimum atomic E-state index is 0. The predicted octanol–water partition coefficient (Wildman–Crippen LogP) is 0.712. The number of hydrogen-bond donors (Lipinski definition) is 0. The van der Waals surface area contributed by atoms with Gasteiger partial charge in [0.2, 0.25) is 0 Å². The minimum Gasteiger partial charge on any atom is -0.103 e. The number of hydrogen-bond acceptors (Lipinski definition) is 0. The van der Waals surface area contributed by atoms with Crippen LogP contribution in [0.4, 0.5) is 0 Å². The summed E-state index contributed by atoms with van der Waals surface area (Å²) >= 11 is 0. The topological polar surface area (TPSA) is 30.5 Å². The van der Waals surface area contributed by atoms with Gasteiger partial charge in [-0.1, -0.05) is 6.08 Å². The molecule has 0 N–H and O–H groups in total. The van der Waals surface area contributed by atoms with E-state index < -0.39 is 0 Å². The smallest absolute Gasteiger partial charge is 0 e. The molecule has 0 saturated carbocycles. The molecule has 0 rings (SSSR count). The van der Waals surface area contributed by atoms with E-state index in [1.54, 1.807) is 6.08 Å². The van der Waals surface area contributed by atoms with E-state index >= 15 is 0 Å². The largest absolute Gasteiger partial charge is 0.103 e. The Morgan fingerprint density at radius 2 is 1.75 bits per heavy atom. The third kappa shape index (κ3) is 9.26. The number of nitrogens with zero attached hydrogens (tertiary/aromatic N) is 1. The van der Waals surface area contributed by atoms with E-state index in [-0.39, 0.29) is 6.15 Å². The van der Waals surface area contributed by atoms with E-state index in [0.717, 1.165) is 0 Å². The SMILES string of the molecule is C=CC.[N]. The van der Waals surface area contributed by atoms with Crippen LogP contribution in [0.1, 0.15) is 6.92 Å². The maximum atomic E-state index is 3.36. The van der Waals surface area contributed by atoms with Gasteiger partial charge in [0.25, 0.3) is 0 Å². The Kier molecular flexibility index (Phi) is 37.2. The molecule has 0 bridgehead atoms. The Morgan fingerprint density at radius 1 is 1.75 bits per heavy atom. The molecular weight excluding hydrogens is 50.0 g/mol. The molecule has 1 heteroatoms. The van der Waals surface area contributed by atoms with Crippen molar-refractivity contribution < 1.29 is 0 Å². The summed E-state index contributed by atoms with van der Waals surface area (Å²) in [6, 6.07) is 0. The summed E-state index contributed by atoms with van der Waals surface area (Å²) < 4.78 is 0. The lowest BCUT2D eigenvalue weighted by Gasteiger charge is -1.31. The lowest BCUT2D eigenvalue weighted by atomic mass is 10.8. The van der Waals surface area contributed by atoms with Crippen LogP contribution < -0.4 is 6.15 Å². The van der Waals surface area contributed by atoms with Crippen molar-refractivity contribution in [3.05, 3.63) is 12.7 Å². The maximum absolute atomic E-state index is 3.36. The fourth-order valence-corrected chi connectivity index (χ4v) is 0. The van der Waals surface area contributed by atoms with Crippen molar-refractivity contribution in [3.8, 4) is 0 Å². The van der Waals surface area contributed by atoms with Gasteiger partial charge in [0.15, 0.2) is 0 Å². The van der Waals surface area contributed by atoms with Gasteiger partial charge in [-0.25, -0.2) is 0 Å². The Labute approximate surface area is 26.9 Å². The van der Waals surface area contributed by atoms with Gasteiger partial charge in [0, 0.05) is 6.15 Å². The van der Waals surface area contributed by atoms with Crippen LogP contribution in [0.25, 0.3) is 0 Å². The highest BCUT2D eigenvalue weighted by Gasteiger charge is 1.15. The maximum Gasteiger partial charge on any atom is 0 e. The summed E-state index contributed by atoms with van der Waals surface area (Å²) in [5.74, 6) is 0. The van der Waals surface area contributed by atoms with Gasteiger partial charge in [-0.3, -0.25) is 0 Å². The Balaban J connectivity index is 0.